The summed E-state index contributed by atoms with van der Waals surface area (Å²) >= 11 is 0. The maximum absolute atomic E-state index is 12.7. The van der Waals surface area contributed by atoms with E-state index in [1.54, 1.807) is 0 Å². The van der Waals surface area contributed by atoms with E-state index < -0.39 is 12.1 Å². The second-order valence-electron chi connectivity index (χ2n) is 14.0. The Morgan fingerprint density at radius 2 is 0.729 bits per heavy atom. The van der Waals surface area contributed by atoms with E-state index in [-0.39, 0.29) is 44.4 Å². The van der Waals surface area contributed by atoms with Crippen molar-refractivity contribution in [2.45, 2.75) is 155 Å². The molecule has 0 amide bonds. The van der Waals surface area contributed by atoms with Crippen molar-refractivity contribution in [1.29, 1.82) is 0 Å². The zero-order valence-electron chi connectivity index (χ0n) is 36.9. The fourth-order valence-electron chi connectivity index (χ4n) is 5.13. The van der Waals surface area contributed by atoms with Crippen molar-refractivity contribution >= 4 is 17.9 Å². The van der Waals surface area contributed by atoms with Crippen molar-refractivity contribution < 1.29 is 28.6 Å². The Labute approximate surface area is 359 Å². The summed E-state index contributed by atoms with van der Waals surface area (Å²) in [4.78, 5) is 37.7. The lowest BCUT2D eigenvalue weighted by molar-refractivity contribution is -0.166. The van der Waals surface area contributed by atoms with Gasteiger partial charge in [-0.05, 0) is 96.3 Å². The van der Waals surface area contributed by atoms with Gasteiger partial charge in [-0.1, -0.05) is 179 Å². The molecule has 0 N–H and O–H groups in total. The minimum Gasteiger partial charge on any atom is -0.462 e. The van der Waals surface area contributed by atoms with E-state index in [0.29, 0.717) is 25.7 Å². The lowest BCUT2D eigenvalue weighted by Gasteiger charge is -2.18. The highest BCUT2D eigenvalue weighted by Crippen LogP contribution is 2.08. The fraction of sp³-hybridized carbons (Fsp3) is 0.491. The zero-order valence-corrected chi connectivity index (χ0v) is 36.9. The number of hydrogen-bond acceptors (Lipinski definition) is 6. The Hall–Kier alpha value is -4.71. The molecule has 0 saturated heterocycles. The van der Waals surface area contributed by atoms with E-state index in [1.165, 1.54) is 25.7 Å². The summed E-state index contributed by atoms with van der Waals surface area (Å²) in [5.41, 5.74) is 0. The summed E-state index contributed by atoms with van der Waals surface area (Å²) < 4.78 is 16.5. The van der Waals surface area contributed by atoms with Crippen LogP contribution in [0.25, 0.3) is 0 Å². The molecule has 1 unspecified atom stereocenters. The molecule has 0 aromatic carbocycles. The molecule has 0 radical (unpaired) electrons. The molecule has 0 heterocycles. The standard InChI is InChI=1S/C53H78O6/c1-4-7-10-13-16-19-22-24-25-26-27-29-31-34-37-40-43-46-52(55)58-49-50(48-57-51(54)45-42-39-36-33-30-21-18-15-12-9-6-3)59-53(56)47-44-41-38-35-32-28-23-20-17-14-11-8-5-2/h8-9,11-12,14,16-21,23-25,27-29,32-38,50H,4-7,10,13,15,22,26,30-31,39-49H2,1-3H3/b11-8-,12-9-,17-14-,19-16-,21-18-,23-20-,25-24-,29-27-,32-28-,36-33-,37-34-,38-35-. The lowest BCUT2D eigenvalue weighted by Crippen LogP contribution is -2.30. The van der Waals surface area contributed by atoms with Gasteiger partial charge in [0.1, 0.15) is 13.2 Å². The smallest absolute Gasteiger partial charge is 0.306 e. The monoisotopic (exact) mass is 811 g/mol. The number of allylic oxidation sites excluding steroid dienone is 24. The van der Waals surface area contributed by atoms with E-state index >= 15 is 0 Å². The Balaban J connectivity index is 4.67. The van der Waals surface area contributed by atoms with Gasteiger partial charge >= 0.3 is 17.9 Å². The second-order valence-corrected chi connectivity index (χ2v) is 14.0. The van der Waals surface area contributed by atoms with Crippen LogP contribution in [-0.2, 0) is 28.6 Å². The molecule has 59 heavy (non-hydrogen) atoms. The Morgan fingerprint density at radius 1 is 0.373 bits per heavy atom. The third kappa shape index (κ3) is 44.2. The van der Waals surface area contributed by atoms with E-state index in [1.807, 2.05) is 54.7 Å². The summed E-state index contributed by atoms with van der Waals surface area (Å²) in [6.07, 6.45) is 65.7. The quantitative estimate of drug-likeness (QED) is 0.0204. The van der Waals surface area contributed by atoms with Crippen LogP contribution >= 0.6 is 0 Å². The third-order valence-corrected chi connectivity index (χ3v) is 8.44. The van der Waals surface area contributed by atoms with Gasteiger partial charge in [0, 0.05) is 19.3 Å². The molecular weight excluding hydrogens is 733 g/mol. The molecule has 6 nitrogen and oxygen atoms in total. The van der Waals surface area contributed by atoms with Crippen LogP contribution in [0.3, 0.4) is 0 Å². The van der Waals surface area contributed by atoms with Crippen LogP contribution in [0.15, 0.2) is 146 Å². The van der Waals surface area contributed by atoms with Gasteiger partial charge in [-0.15, -0.1) is 0 Å². The molecule has 0 aromatic rings. The molecule has 0 rings (SSSR count). The molecule has 0 aliphatic rings. The summed E-state index contributed by atoms with van der Waals surface area (Å²) in [5.74, 6) is -1.16. The minimum absolute atomic E-state index is 0.157. The van der Waals surface area contributed by atoms with Gasteiger partial charge in [0.2, 0.25) is 0 Å². The average Bonchev–Trinajstić information content (AvgIpc) is 3.23. The number of ether oxygens (including phenoxy) is 3. The Bertz CT molecular complexity index is 1390. The van der Waals surface area contributed by atoms with Crippen LogP contribution in [0.1, 0.15) is 149 Å². The number of esters is 3. The van der Waals surface area contributed by atoms with Crippen molar-refractivity contribution in [3.63, 3.8) is 0 Å². The maximum atomic E-state index is 12.7. The summed E-state index contributed by atoms with van der Waals surface area (Å²) in [6, 6.07) is 0. The Kier molecular flexibility index (Phi) is 42.3. The highest BCUT2D eigenvalue weighted by Gasteiger charge is 2.19. The predicted octanol–water partition coefficient (Wildman–Crippen LogP) is 14.5. The van der Waals surface area contributed by atoms with E-state index in [2.05, 4.69) is 112 Å². The number of hydrogen-bond donors (Lipinski definition) is 0. The third-order valence-electron chi connectivity index (χ3n) is 8.44. The molecule has 1 atom stereocenters. The highest BCUT2D eigenvalue weighted by atomic mass is 16.6. The van der Waals surface area contributed by atoms with Crippen LogP contribution in [0.2, 0.25) is 0 Å². The van der Waals surface area contributed by atoms with Gasteiger partial charge in [0.15, 0.2) is 6.10 Å². The lowest BCUT2D eigenvalue weighted by atomic mass is 10.2. The topological polar surface area (TPSA) is 78.9 Å². The van der Waals surface area contributed by atoms with Crippen LogP contribution in [0.5, 0.6) is 0 Å². The van der Waals surface area contributed by atoms with Crippen molar-refractivity contribution in [1.82, 2.24) is 0 Å². The van der Waals surface area contributed by atoms with Crippen molar-refractivity contribution in [3.05, 3.63) is 146 Å². The first-order valence-corrected chi connectivity index (χ1v) is 22.4. The fourth-order valence-corrected chi connectivity index (χ4v) is 5.13. The summed E-state index contributed by atoms with van der Waals surface area (Å²) in [7, 11) is 0. The van der Waals surface area contributed by atoms with Crippen molar-refractivity contribution in [2.24, 2.45) is 0 Å². The number of unbranched alkanes of at least 4 members (excludes halogenated alkanes) is 6. The summed E-state index contributed by atoms with van der Waals surface area (Å²) in [6.45, 7) is 6.13. The molecular formula is C53H78O6. The van der Waals surface area contributed by atoms with Crippen LogP contribution in [0, 0.1) is 0 Å². The van der Waals surface area contributed by atoms with Gasteiger partial charge in [-0.3, -0.25) is 14.4 Å². The number of carbonyl (C=O) groups is 3. The first-order chi connectivity index (χ1) is 29.0. The molecule has 326 valence electrons. The molecule has 6 heteroatoms. The van der Waals surface area contributed by atoms with Crippen molar-refractivity contribution in [3.8, 4) is 0 Å². The largest absolute Gasteiger partial charge is 0.462 e. The molecule has 0 aliphatic heterocycles. The first-order valence-electron chi connectivity index (χ1n) is 22.4. The van der Waals surface area contributed by atoms with Crippen LogP contribution in [-0.4, -0.2) is 37.2 Å². The second kappa shape index (κ2) is 46.0. The van der Waals surface area contributed by atoms with E-state index in [0.717, 1.165) is 57.8 Å². The normalized spacial score (nSPS) is 13.5. The van der Waals surface area contributed by atoms with Crippen LogP contribution in [0.4, 0.5) is 0 Å². The average molecular weight is 811 g/mol. The van der Waals surface area contributed by atoms with Gasteiger partial charge in [-0.2, -0.15) is 0 Å². The van der Waals surface area contributed by atoms with Gasteiger partial charge in [-0.25, -0.2) is 0 Å². The molecule has 0 aliphatic carbocycles. The summed E-state index contributed by atoms with van der Waals surface area (Å²) in [5, 5.41) is 0. The molecule has 0 saturated carbocycles. The van der Waals surface area contributed by atoms with Gasteiger partial charge in [0.05, 0.1) is 0 Å². The number of carbonyl (C=O) groups excluding carboxylic acids is 3. The molecule has 0 fully saturated rings. The highest BCUT2D eigenvalue weighted by molar-refractivity contribution is 5.71. The SMILES string of the molecule is CC\C=C/C=C\C=C/C=C\C=C/CCCC(=O)OC(COC(=O)CCC/C=C\C/C=C\C/C=C\CC)COC(=O)CCC/C=C\C/C=C\C/C=C\C/C=C\CCCCC. The predicted molar refractivity (Wildman–Crippen MR) is 251 cm³/mol. The van der Waals surface area contributed by atoms with Crippen molar-refractivity contribution in [2.75, 3.05) is 13.2 Å². The zero-order chi connectivity index (χ0) is 43.0. The Morgan fingerprint density at radius 3 is 1.17 bits per heavy atom. The van der Waals surface area contributed by atoms with E-state index in [9.17, 15) is 14.4 Å². The number of rotatable bonds is 37. The van der Waals surface area contributed by atoms with Gasteiger partial charge in [0.25, 0.3) is 0 Å². The van der Waals surface area contributed by atoms with Gasteiger partial charge < -0.3 is 14.2 Å². The maximum Gasteiger partial charge on any atom is 0.306 e. The molecule has 0 bridgehead atoms. The molecule has 0 aromatic heterocycles. The minimum atomic E-state index is -0.862. The molecule has 0 spiro atoms. The van der Waals surface area contributed by atoms with Crippen LogP contribution < -0.4 is 0 Å². The van der Waals surface area contributed by atoms with E-state index in [4.69, 9.17) is 14.2 Å². The first kappa shape index (κ1) is 54.3.